The number of aromatic nitrogens is 2. The molecule has 0 radical (unpaired) electrons. The lowest BCUT2D eigenvalue weighted by Crippen LogP contribution is -2.17. The highest BCUT2D eigenvalue weighted by Crippen LogP contribution is 2.48. The van der Waals surface area contributed by atoms with Crippen LogP contribution in [0, 0.1) is 12.3 Å². The van der Waals surface area contributed by atoms with E-state index in [1.54, 1.807) is 11.3 Å². The van der Waals surface area contributed by atoms with E-state index in [1.165, 1.54) is 17.7 Å². The molecule has 0 atom stereocenters. The Bertz CT molecular complexity index is 606. The smallest absolute Gasteiger partial charge is 0.223 e. The molecule has 6 heteroatoms. The van der Waals surface area contributed by atoms with E-state index in [4.69, 9.17) is 10.8 Å². The summed E-state index contributed by atoms with van der Waals surface area (Å²) in [5.74, 6) is 1.12. The summed E-state index contributed by atoms with van der Waals surface area (Å²) in [6.07, 6.45) is 3.20. The zero-order valence-electron chi connectivity index (χ0n) is 10.9. The summed E-state index contributed by atoms with van der Waals surface area (Å²) in [6.45, 7) is 3.15. The minimum atomic E-state index is 0.251. The molecule has 0 aliphatic heterocycles. The fourth-order valence-corrected chi connectivity index (χ4v) is 3.28. The number of nitrogens with two attached hydrogens (primary N) is 1. The van der Waals surface area contributed by atoms with E-state index in [2.05, 4.69) is 28.3 Å². The summed E-state index contributed by atoms with van der Waals surface area (Å²) < 4.78 is 0. The third-order valence-corrected chi connectivity index (χ3v) is 4.71. The molecule has 5 nitrogen and oxygen atoms in total. The number of nitrogen functional groups attached to an aromatic ring is 1. The number of aliphatic hydroxyl groups excluding tert-OH is 1. The first-order valence-corrected chi connectivity index (χ1v) is 7.32. The Morgan fingerprint density at radius 1 is 1.47 bits per heavy atom. The lowest BCUT2D eigenvalue weighted by molar-refractivity contribution is 0.253. The molecule has 0 spiro atoms. The zero-order chi connectivity index (χ0) is 13.5. The van der Waals surface area contributed by atoms with Crippen molar-refractivity contribution < 1.29 is 5.11 Å². The van der Waals surface area contributed by atoms with Gasteiger partial charge in [-0.1, -0.05) is 0 Å². The fraction of sp³-hybridized carbons (Fsp3) is 0.538. The number of hydrogen-bond donors (Lipinski definition) is 3. The first kappa shape index (κ1) is 12.6. The molecular formula is C13H18N4OS. The maximum atomic E-state index is 9.09. The fourth-order valence-electron chi connectivity index (χ4n) is 2.39. The predicted octanol–water partition coefficient (Wildman–Crippen LogP) is 2.16. The molecule has 3 rings (SSSR count). The highest BCUT2D eigenvalue weighted by atomic mass is 32.1. The molecule has 2 aromatic heterocycles. The van der Waals surface area contributed by atoms with Crippen LogP contribution >= 0.6 is 11.3 Å². The molecule has 102 valence electrons. The second kappa shape index (κ2) is 4.61. The number of aliphatic hydroxyl groups is 1. The molecule has 0 aromatic carbocycles. The van der Waals surface area contributed by atoms with E-state index in [0.29, 0.717) is 5.95 Å². The summed E-state index contributed by atoms with van der Waals surface area (Å²) in [4.78, 5) is 10.7. The second-order valence-electron chi connectivity index (χ2n) is 5.33. The van der Waals surface area contributed by atoms with Crippen molar-refractivity contribution in [2.24, 2.45) is 5.41 Å². The van der Waals surface area contributed by atoms with Gasteiger partial charge in [-0.05, 0) is 37.7 Å². The van der Waals surface area contributed by atoms with E-state index in [9.17, 15) is 0 Å². The molecule has 0 saturated heterocycles. The van der Waals surface area contributed by atoms with Gasteiger partial charge >= 0.3 is 0 Å². The first-order valence-electron chi connectivity index (χ1n) is 6.50. The van der Waals surface area contributed by atoms with Crippen LogP contribution in [0.15, 0.2) is 6.07 Å². The van der Waals surface area contributed by atoms with Crippen molar-refractivity contribution in [1.82, 2.24) is 9.97 Å². The Hall–Kier alpha value is -1.40. The number of thiophene rings is 1. The molecule has 0 unspecified atom stereocenters. The molecule has 0 amide bonds. The standard InChI is InChI=1S/C13H18N4OS/c1-8-6-9-10(16-12(14)17-11(9)19-8)15-7-13(2-3-13)4-5-18/h6,18H,2-5,7H2,1H3,(H3,14,15,16,17). The molecule has 2 heterocycles. The normalized spacial score (nSPS) is 16.7. The largest absolute Gasteiger partial charge is 0.396 e. The Balaban J connectivity index is 1.84. The van der Waals surface area contributed by atoms with Crippen LogP contribution in [-0.2, 0) is 0 Å². The van der Waals surface area contributed by atoms with Gasteiger partial charge in [-0.3, -0.25) is 0 Å². The third kappa shape index (κ3) is 2.50. The van der Waals surface area contributed by atoms with Crippen LogP contribution in [-0.4, -0.2) is 28.2 Å². The molecule has 1 aliphatic rings. The average molecular weight is 278 g/mol. The molecule has 1 saturated carbocycles. The third-order valence-electron chi connectivity index (χ3n) is 3.76. The van der Waals surface area contributed by atoms with Crippen molar-refractivity contribution in [2.45, 2.75) is 26.2 Å². The van der Waals surface area contributed by atoms with Crippen molar-refractivity contribution >= 4 is 33.3 Å². The number of fused-ring (bicyclic) bond motifs is 1. The van der Waals surface area contributed by atoms with Crippen LogP contribution in [0.2, 0.25) is 0 Å². The summed E-state index contributed by atoms with van der Waals surface area (Å²) in [6, 6.07) is 2.09. The van der Waals surface area contributed by atoms with Gasteiger partial charge in [0.05, 0.1) is 5.39 Å². The van der Waals surface area contributed by atoms with E-state index in [0.717, 1.165) is 29.0 Å². The number of nitrogens with zero attached hydrogens (tertiary/aromatic N) is 2. The molecule has 0 bridgehead atoms. The van der Waals surface area contributed by atoms with Crippen molar-refractivity contribution in [3.05, 3.63) is 10.9 Å². The van der Waals surface area contributed by atoms with E-state index < -0.39 is 0 Å². The summed E-state index contributed by atoms with van der Waals surface area (Å²) in [5, 5.41) is 13.5. The van der Waals surface area contributed by atoms with E-state index >= 15 is 0 Å². The van der Waals surface area contributed by atoms with Crippen molar-refractivity contribution in [3.63, 3.8) is 0 Å². The highest BCUT2D eigenvalue weighted by Gasteiger charge is 2.41. The number of rotatable bonds is 5. The number of hydrogen-bond acceptors (Lipinski definition) is 6. The van der Waals surface area contributed by atoms with Crippen LogP contribution in [0.4, 0.5) is 11.8 Å². The van der Waals surface area contributed by atoms with Crippen LogP contribution in [0.1, 0.15) is 24.1 Å². The van der Waals surface area contributed by atoms with Gasteiger partial charge in [0.1, 0.15) is 10.6 Å². The Labute approximate surface area is 115 Å². The van der Waals surface area contributed by atoms with Gasteiger partial charge in [0, 0.05) is 18.0 Å². The molecule has 1 fully saturated rings. The first-order chi connectivity index (χ1) is 9.12. The van der Waals surface area contributed by atoms with Crippen LogP contribution in [0.25, 0.3) is 10.2 Å². The van der Waals surface area contributed by atoms with Crippen LogP contribution in [0.5, 0.6) is 0 Å². The van der Waals surface area contributed by atoms with Crippen LogP contribution in [0.3, 0.4) is 0 Å². The summed E-state index contributed by atoms with van der Waals surface area (Å²) in [7, 11) is 0. The molecule has 1 aliphatic carbocycles. The van der Waals surface area contributed by atoms with Crippen molar-refractivity contribution in [2.75, 3.05) is 24.2 Å². The maximum absolute atomic E-state index is 9.09. The minimum absolute atomic E-state index is 0.251. The molecular weight excluding hydrogens is 260 g/mol. The lowest BCUT2D eigenvalue weighted by atomic mass is 10.0. The van der Waals surface area contributed by atoms with Gasteiger partial charge in [-0.2, -0.15) is 4.98 Å². The van der Waals surface area contributed by atoms with Crippen molar-refractivity contribution in [1.29, 1.82) is 0 Å². The second-order valence-corrected chi connectivity index (χ2v) is 6.57. The van der Waals surface area contributed by atoms with Gasteiger partial charge in [0.15, 0.2) is 0 Å². The highest BCUT2D eigenvalue weighted by molar-refractivity contribution is 7.18. The molecule has 2 aromatic rings. The number of anilines is 2. The van der Waals surface area contributed by atoms with Gasteiger partial charge in [-0.15, -0.1) is 11.3 Å². The number of aryl methyl sites for hydroxylation is 1. The van der Waals surface area contributed by atoms with Crippen LogP contribution < -0.4 is 11.1 Å². The zero-order valence-corrected chi connectivity index (χ0v) is 11.8. The monoisotopic (exact) mass is 278 g/mol. The molecule has 19 heavy (non-hydrogen) atoms. The quantitative estimate of drug-likeness (QED) is 0.780. The predicted molar refractivity (Wildman–Crippen MR) is 78.4 cm³/mol. The van der Waals surface area contributed by atoms with E-state index in [1.807, 2.05) is 0 Å². The van der Waals surface area contributed by atoms with E-state index in [-0.39, 0.29) is 12.0 Å². The minimum Gasteiger partial charge on any atom is -0.396 e. The van der Waals surface area contributed by atoms with Crippen molar-refractivity contribution in [3.8, 4) is 0 Å². The van der Waals surface area contributed by atoms with Gasteiger partial charge in [0.2, 0.25) is 5.95 Å². The average Bonchev–Trinajstić information content (AvgIpc) is 3.01. The Morgan fingerprint density at radius 3 is 2.95 bits per heavy atom. The summed E-state index contributed by atoms with van der Waals surface area (Å²) in [5.41, 5.74) is 6.01. The molecule has 4 N–H and O–H groups in total. The van der Waals surface area contributed by atoms with Gasteiger partial charge in [-0.25, -0.2) is 4.98 Å². The van der Waals surface area contributed by atoms with Gasteiger partial charge in [0.25, 0.3) is 0 Å². The Morgan fingerprint density at radius 2 is 2.26 bits per heavy atom. The topological polar surface area (TPSA) is 84.1 Å². The maximum Gasteiger partial charge on any atom is 0.223 e. The lowest BCUT2D eigenvalue weighted by Gasteiger charge is -2.15. The number of nitrogens with one attached hydrogen (secondary N) is 1. The SMILES string of the molecule is Cc1cc2c(NCC3(CCO)CC3)nc(N)nc2s1. The van der Waals surface area contributed by atoms with Gasteiger partial charge < -0.3 is 16.2 Å². The summed E-state index contributed by atoms with van der Waals surface area (Å²) >= 11 is 1.63. The Kier molecular flexibility index (Phi) is 3.06.